The Bertz CT molecular complexity index is 550. The summed E-state index contributed by atoms with van der Waals surface area (Å²) < 4.78 is 5.83. The van der Waals surface area contributed by atoms with Crippen LogP contribution in [0.4, 0.5) is 0 Å². The average Bonchev–Trinajstić information content (AvgIpc) is 3.17. The number of para-hydroxylation sites is 1. The highest BCUT2D eigenvalue weighted by molar-refractivity contribution is 5.78. The average molecular weight is 345 g/mol. The zero-order valence-corrected chi connectivity index (χ0v) is 15.4. The zero-order chi connectivity index (χ0) is 17.5. The van der Waals surface area contributed by atoms with E-state index in [9.17, 15) is 4.79 Å². The summed E-state index contributed by atoms with van der Waals surface area (Å²) in [6.07, 6.45) is 4.77. The van der Waals surface area contributed by atoms with Gasteiger partial charge in [-0.2, -0.15) is 0 Å². The van der Waals surface area contributed by atoms with E-state index in [2.05, 4.69) is 23.3 Å². The van der Waals surface area contributed by atoms with E-state index in [4.69, 9.17) is 4.74 Å². The molecule has 2 saturated heterocycles. The Labute approximate surface area is 151 Å². The molecule has 25 heavy (non-hydrogen) atoms. The highest BCUT2D eigenvalue weighted by atomic mass is 16.5. The molecule has 2 heterocycles. The quantitative estimate of drug-likeness (QED) is 0.822. The van der Waals surface area contributed by atoms with Crippen molar-refractivity contribution < 1.29 is 9.53 Å². The molecule has 5 nitrogen and oxygen atoms in total. The molecule has 0 spiro atoms. The molecule has 0 unspecified atom stereocenters. The van der Waals surface area contributed by atoms with Gasteiger partial charge in [-0.15, -0.1) is 0 Å². The Balaban J connectivity index is 1.44. The minimum atomic E-state index is 0.103. The molecule has 1 N–H and O–H groups in total. The molecule has 1 aromatic rings. The summed E-state index contributed by atoms with van der Waals surface area (Å²) in [5.41, 5.74) is 1.13. The lowest BCUT2D eigenvalue weighted by Gasteiger charge is -2.29. The number of amides is 1. The molecule has 0 aliphatic carbocycles. The van der Waals surface area contributed by atoms with E-state index in [1.54, 1.807) is 0 Å². The lowest BCUT2D eigenvalue weighted by molar-refractivity contribution is -0.132. The van der Waals surface area contributed by atoms with Gasteiger partial charge in [0.05, 0.1) is 0 Å². The van der Waals surface area contributed by atoms with Crippen molar-refractivity contribution >= 4 is 5.91 Å². The fraction of sp³-hybridized carbons (Fsp3) is 0.650. The van der Waals surface area contributed by atoms with Gasteiger partial charge in [-0.1, -0.05) is 18.2 Å². The standard InChI is InChI=1S/C20H31N3O2/c1-22-12-8-17(9-13-22)14-21-15-18-6-2-3-7-19(18)25-16-20(24)23-10-4-5-11-23/h2-3,6-7,17,21H,4-5,8-16H2,1H3. The Kier molecular flexibility index (Phi) is 6.70. The van der Waals surface area contributed by atoms with Crippen molar-refractivity contribution in [1.82, 2.24) is 15.1 Å². The van der Waals surface area contributed by atoms with Crippen LogP contribution in [0.2, 0.25) is 0 Å². The van der Waals surface area contributed by atoms with Crippen LogP contribution in [0.25, 0.3) is 0 Å². The largest absolute Gasteiger partial charge is 0.483 e. The minimum absolute atomic E-state index is 0.103. The highest BCUT2D eigenvalue weighted by Gasteiger charge is 2.19. The van der Waals surface area contributed by atoms with Gasteiger partial charge >= 0.3 is 0 Å². The number of likely N-dealkylation sites (tertiary alicyclic amines) is 2. The van der Waals surface area contributed by atoms with E-state index in [-0.39, 0.29) is 12.5 Å². The van der Waals surface area contributed by atoms with Gasteiger partial charge < -0.3 is 19.9 Å². The van der Waals surface area contributed by atoms with Crippen LogP contribution >= 0.6 is 0 Å². The number of rotatable bonds is 7. The van der Waals surface area contributed by atoms with Crippen molar-refractivity contribution in [2.75, 3.05) is 46.4 Å². The Morgan fingerprint density at radius 2 is 1.88 bits per heavy atom. The lowest BCUT2D eigenvalue weighted by atomic mass is 9.97. The Hall–Kier alpha value is -1.59. The summed E-state index contributed by atoms with van der Waals surface area (Å²) in [6, 6.07) is 8.04. The van der Waals surface area contributed by atoms with Gasteiger partial charge in [0.2, 0.25) is 0 Å². The molecule has 0 atom stereocenters. The Morgan fingerprint density at radius 3 is 2.64 bits per heavy atom. The number of ether oxygens (including phenoxy) is 1. The topological polar surface area (TPSA) is 44.8 Å². The number of nitrogens with one attached hydrogen (secondary N) is 1. The molecule has 5 heteroatoms. The van der Waals surface area contributed by atoms with E-state index in [0.717, 1.165) is 56.3 Å². The van der Waals surface area contributed by atoms with E-state index in [0.29, 0.717) is 0 Å². The van der Waals surface area contributed by atoms with Crippen molar-refractivity contribution in [3.8, 4) is 5.75 Å². The molecule has 138 valence electrons. The van der Waals surface area contributed by atoms with Crippen LogP contribution in [0.15, 0.2) is 24.3 Å². The van der Waals surface area contributed by atoms with Crippen LogP contribution < -0.4 is 10.1 Å². The number of hydrogen-bond donors (Lipinski definition) is 1. The zero-order valence-electron chi connectivity index (χ0n) is 15.4. The molecule has 2 aliphatic heterocycles. The van der Waals surface area contributed by atoms with E-state index in [1.165, 1.54) is 25.9 Å². The SMILES string of the molecule is CN1CCC(CNCc2ccccc2OCC(=O)N2CCCC2)CC1. The molecule has 0 bridgehead atoms. The van der Waals surface area contributed by atoms with Gasteiger partial charge in [0.1, 0.15) is 5.75 Å². The van der Waals surface area contributed by atoms with Crippen molar-refractivity contribution in [3.63, 3.8) is 0 Å². The molecule has 0 radical (unpaired) electrons. The van der Waals surface area contributed by atoms with Crippen LogP contribution in [0.1, 0.15) is 31.2 Å². The molecule has 1 amide bonds. The molecule has 0 saturated carbocycles. The lowest BCUT2D eigenvalue weighted by Crippen LogP contribution is -2.35. The summed E-state index contributed by atoms with van der Waals surface area (Å²) >= 11 is 0. The second-order valence-corrected chi connectivity index (χ2v) is 7.36. The first-order valence-electron chi connectivity index (χ1n) is 9.60. The van der Waals surface area contributed by atoms with Crippen LogP contribution in [-0.4, -0.2) is 62.1 Å². The minimum Gasteiger partial charge on any atom is -0.483 e. The molecule has 1 aromatic carbocycles. The molecule has 2 fully saturated rings. The fourth-order valence-electron chi connectivity index (χ4n) is 3.67. The molecule has 2 aliphatic rings. The summed E-state index contributed by atoms with van der Waals surface area (Å²) in [4.78, 5) is 16.5. The smallest absolute Gasteiger partial charge is 0.260 e. The molecular formula is C20H31N3O2. The molecule has 3 rings (SSSR count). The normalized spacial score (nSPS) is 19.3. The van der Waals surface area contributed by atoms with Crippen LogP contribution in [0, 0.1) is 5.92 Å². The van der Waals surface area contributed by atoms with Crippen LogP contribution in [0.5, 0.6) is 5.75 Å². The number of benzene rings is 1. The highest BCUT2D eigenvalue weighted by Crippen LogP contribution is 2.19. The van der Waals surface area contributed by atoms with Crippen LogP contribution in [-0.2, 0) is 11.3 Å². The van der Waals surface area contributed by atoms with E-state index in [1.807, 2.05) is 23.1 Å². The number of nitrogens with zero attached hydrogens (tertiary/aromatic N) is 2. The van der Waals surface area contributed by atoms with Gasteiger partial charge in [0, 0.05) is 25.2 Å². The first-order valence-corrected chi connectivity index (χ1v) is 9.60. The van der Waals surface area contributed by atoms with Gasteiger partial charge in [-0.05, 0) is 64.3 Å². The maximum absolute atomic E-state index is 12.2. The third-order valence-corrected chi connectivity index (χ3v) is 5.37. The molecule has 0 aromatic heterocycles. The van der Waals surface area contributed by atoms with E-state index < -0.39 is 0 Å². The van der Waals surface area contributed by atoms with Crippen molar-refractivity contribution in [2.45, 2.75) is 32.2 Å². The predicted molar refractivity (Wildman–Crippen MR) is 99.7 cm³/mol. The predicted octanol–water partition coefficient (Wildman–Crippen LogP) is 2.12. The number of carbonyl (C=O) groups is 1. The fourth-order valence-corrected chi connectivity index (χ4v) is 3.67. The second-order valence-electron chi connectivity index (χ2n) is 7.36. The second kappa shape index (κ2) is 9.20. The maximum atomic E-state index is 12.2. The Morgan fingerprint density at radius 1 is 1.16 bits per heavy atom. The number of carbonyl (C=O) groups excluding carboxylic acids is 1. The molecular weight excluding hydrogens is 314 g/mol. The van der Waals surface area contributed by atoms with Crippen molar-refractivity contribution in [3.05, 3.63) is 29.8 Å². The van der Waals surface area contributed by atoms with Gasteiger partial charge in [-0.25, -0.2) is 0 Å². The van der Waals surface area contributed by atoms with E-state index >= 15 is 0 Å². The van der Waals surface area contributed by atoms with Gasteiger partial charge in [0.25, 0.3) is 5.91 Å². The summed E-state index contributed by atoms with van der Waals surface area (Å²) in [6.45, 7) is 6.14. The van der Waals surface area contributed by atoms with Crippen molar-refractivity contribution in [2.24, 2.45) is 5.92 Å². The van der Waals surface area contributed by atoms with Gasteiger partial charge in [-0.3, -0.25) is 4.79 Å². The summed E-state index contributed by atoms with van der Waals surface area (Å²) in [5.74, 6) is 1.69. The summed E-state index contributed by atoms with van der Waals surface area (Å²) in [7, 11) is 2.20. The van der Waals surface area contributed by atoms with Gasteiger partial charge in [0.15, 0.2) is 6.61 Å². The number of piperidine rings is 1. The first kappa shape index (κ1) is 18.2. The maximum Gasteiger partial charge on any atom is 0.260 e. The third-order valence-electron chi connectivity index (χ3n) is 5.37. The third kappa shape index (κ3) is 5.44. The monoisotopic (exact) mass is 345 g/mol. The van der Waals surface area contributed by atoms with Crippen LogP contribution in [0.3, 0.4) is 0 Å². The first-order chi connectivity index (χ1) is 12.2. The summed E-state index contributed by atoms with van der Waals surface area (Å²) in [5, 5.41) is 3.58. The number of hydrogen-bond acceptors (Lipinski definition) is 4. The van der Waals surface area contributed by atoms with Crippen molar-refractivity contribution in [1.29, 1.82) is 0 Å².